The largest absolute Gasteiger partial charge is 0.387 e. The van der Waals surface area contributed by atoms with Gasteiger partial charge < -0.3 is 15.0 Å². The fraction of sp³-hybridized carbons (Fsp3) is 0.167. The summed E-state index contributed by atoms with van der Waals surface area (Å²) in [5.74, 6) is 0. The molecule has 0 spiro atoms. The van der Waals surface area contributed by atoms with E-state index in [1.165, 1.54) is 11.6 Å². The first-order valence-electron chi connectivity index (χ1n) is 7.73. The zero-order chi connectivity index (χ0) is 18.0. The van der Waals surface area contributed by atoms with Gasteiger partial charge in [0.1, 0.15) is 5.69 Å². The molecule has 0 saturated carbocycles. The van der Waals surface area contributed by atoms with Crippen molar-refractivity contribution >= 4 is 22.3 Å². The van der Waals surface area contributed by atoms with Crippen LogP contribution in [0.15, 0.2) is 59.4 Å². The molecule has 128 valence electrons. The second-order valence-corrected chi connectivity index (χ2v) is 5.67. The maximum absolute atomic E-state index is 12.4. The Kier molecular flexibility index (Phi) is 4.49. The number of hydrogen-bond donors (Lipinski definition) is 2. The number of aryl methyl sites for hydroxylation is 1. The summed E-state index contributed by atoms with van der Waals surface area (Å²) < 4.78 is 1.26. The number of anilines is 1. The molecular weight excluding hydrogens is 322 g/mol. The highest BCUT2D eigenvalue weighted by atomic mass is 16.6. The number of fused-ring (bicyclic) bond motifs is 1. The average Bonchev–Trinajstić information content (AvgIpc) is 2.63. The van der Waals surface area contributed by atoms with E-state index in [1.54, 1.807) is 48.5 Å². The second kappa shape index (κ2) is 6.74. The van der Waals surface area contributed by atoms with E-state index in [4.69, 9.17) is 0 Å². The van der Waals surface area contributed by atoms with E-state index >= 15 is 0 Å². The van der Waals surface area contributed by atoms with Gasteiger partial charge in [-0.15, -0.1) is 0 Å². The summed E-state index contributed by atoms with van der Waals surface area (Å²) in [5.41, 5.74) is 0.168. The zero-order valence-electron chi connectivity index (χ0n) is 13.5. The van der Waals surface area contributed by atoms with Crippen LogP contribution in [0.5, 0.6) is 0 Å². The van der Waals surface area contributed by atoms with Crippen LogP contribution in [0.3, 0.4) is 0 Å². The van der Waals surface area contributed by atoms with Gasteiger partial charge in [0, 0.05) is 19.0 Å². The van der Waals surface area contributed by atoms with Crippen LogP contribution >= 0.6 is 0 Å². The molecule has 1 aromatic heterocycles. The number of para-hydroxylation sites is 1. The first-order valence-corrected chi connectivity index (χ1v) is 7.73. The molecule has 3 rings (SSSR count). The number of nitro groups is 1. The number of aliphatic hydroxyl groups is 1. The smallest absolute Gasteiger partial charge is 0.357 e. The van der Waals surface area contributed by atoms with Crippen LogP contribution in [0.2, 0.25) is 0 Å². The van der Waals surface area contributed by atoms with Crippen LogP contribution in [0.1, 0.15) is 11.7 Å². The Balaban J connectivity index is 2.06. The molecule has 0 fully saturated rings. The normalized spacial score (nSPS) is 12.1. The van der Waals surface area contributed by atoms with Crippen LogP contribution in [-0.2, 0) is 7.05 Å². The number of pyridine rings is 1. The fourth-order valence-corrected chi connectivity index (χ4v) is 2.82. The number of nitrogens with zero attached hydrogens (tertiary/aromatic N) is 2. The Hall–Kier alpha value is -3.19. The van der Waals surface area contributed by atoms with Gasteiger partial charge in [-0.3, -0.25) is 14.9 Å². The van der Waals surface area contributed by atoms with Gasteiger partial charge in [0.15, 0.2) is 0 Å². The SMILES string of the molecule is Cn1c(=O)c([N+](=O)[O-])c(NC[C@@H](O)c2ccccc2)c2ccccc21. The van der Waals surface area contributed by atoms with Crippen molar-refractivity contribution in [2.45, 2.75) is 6.10 Å². The van der Waals surface area contributed by atoms with Gasteiger partial charge in [0.2, 0.25) is 0 Å². The van der Waals surface area contributed by atoms with Gasteiger partial charge in [0.05, 0.1) is 16.5 Å². The summed E-state index contributed by atoms with van der Waals surface area (Å²) in [4.78, 5) is 23.1. The molecule has 25 heavy (non-hydrogen) atoms. The minimum absolute atomic E-state index is 0.0437. The Bertz CT molecular complexity index is 983. The number of aromatic nitrogens is 1. The molecule has 1 atom stereocenters. The van der Waals surface area contributed by atoms with Crippen molar-refractivity contribution in [1.29, 1.82) is 0 Å². The van der Waals surface area contributed by atoms with Crippen LogP contribution in [0, 0.1) is 10.1 Å². The van der Waals surface area contributed by atoms with Crippen LogP contribution < -0.4 is 10.9 Å². The third kappa shape index (κ3) is 3.09. The summed E-state index contributed by atoms with van der Waals surface area (Å²) in [6.07, 6.45) is -0.858. The highest BCUT2D eigenvalue weighted by Crippen LogP contribution is 2.30. The second-order valence-electron chi connectivity index (χ2n) is 5.67. The Labute approximate surface area is 143 Å². The molecule has 7 heteroatoms. The number of rotatable bonds is 5. The molecule has 0 radical (unpaired) electrons. The first kappa shape index (κ1) is 16.7. The quantitative estimate of drug-likeness (QED) is 0.550. The molecule has 0 aliphatic heterocycles. The number of benzene rings is 2. The summed E-state index contributed by atoms with van der Waals surface area (Å²) in [5, 5.41) is 25.2. The summed E-state index contributed by atoms with van der Waals surface area (Å²) in [7, 11) is 1.50. The lowest BCUT2D eigenvalue weighted by Crippen LogP contribution is -2.23. The molecule has 0 aliphatic carbocycles. The van der Waals surface area contributed by atoms with E-state index in [0.717, 1.165) is 0 Å². The van der Waals surface area contributed by atoms with Crippen molar-refractivity contribution in [2.75, 3.05) is 11.9 Å². The third-order valence-corrected chi connectivity index (χ3v) is 4.12. The Morgan fingerprint density at radius 3 is 2.48 bits per heavy atom. The van der Waals surface area contributed by atoms with E-state index in [2.05, 4.69) is 5.32 Å². The van der Waals surface area contributed by atoms with Crippen molar-refractivity contribution in [3.05, 3.63) is 80.6 Å². The highest BCUT2D eigenvalue weighted by Gasteiger charge is 2.25. The Morgan fingerprint density at radius 1 is 1.16 bits per heavy atom. The standard InChI is InChI=1S/C18H17N3O4/c1-20-14-10-6-5-9-13(14)16(17(18(20)23)21(24)25)19-11-15(22)12-7-3-2-4-8-12/h2-10,15,19,22H,11H2,1H3/t15-/m1/s1. The van der Waals surface area contributed by atoms with Crippen molar-refractivity contribution in [2.24, 2.45) is 7.05 Å². The van der Waals surface area contributed by atoms with Crippen LogP contribution in [0.4, 0.5) is 11.4 Å². The van der Waals surface area contributed by atoms with Gasteiger partial charge in [-0.1, -0.05) is 48.5 Å². The van der Waals surface area contributed by atoms with Crippen molar-refractivity contribution in [3.8, 4) is 0 Å². The molecular formula is C18H17N3O4. The maximum Gasteiger partial charge on any atom is 0.357 e. The van der Waals surface area contributed by atoms with Crippen molar-refractivity contribution in [1.82, 2.24) is 4.57 Å². The lowest BCUT2D eigenvalue weighted by Gasteiger charge is -2.16. The molecule has 7 nitrogen and oxygen atoms in total. The van der Waals surface area contributed by atoms with E-state index in [9.17, 15) is 20.0 Å². The average molecular weight is 339 g/mol. The molecule has 0 aliphatic rings. The molecule has 1 heterocycles. The lowest BCUT2D eigenvalue weighted by molar-refractivity contribution is -0.385. The molecule has 0 bridgehead atoms. The summed E-state index contributed by atoms with van der Waals surface area (Å²) in [6, 6.07) is 15.9. The Morgan fingerprint density at radius 2 is 1.80 bits per heavy atom. The predicted molar refractivity (Wildman–Crippen MR) is 95.7 cm³/mol. The van der Waals surface area contributed by atoms with Gasteiger partial charge in [0.25, 0.3) is 0 Å². The first-order chi connectivity index (χ1) is 12.0. The predicted octanol–water partition coefficient (Wildman–Crippen LogP) is 2.59. The lowest BCUT2D eigenvalue weighted by atomic mass is 10.1. The maximum atomic E-state index is 12.4. The van der Waals surface area contributed by atoms with Gasteiger partial charge in [-0.25, -0.2) is 0 Å². The minimum atomic E-state index is -0.858. The molecule has 0 amide bonds. The molecule has 0 saturated heterocycles. The van der Waals surface area contributed by atoms with E-state index in [0.29, 0.717) is 16.5 Å². The number of nitrogens with one attached hydrogen (secondary N) is 1. The summed E-state index contributed by atoms with van der Waals surface area (Å²) >= 11 is 0. The molecule has 2 aromatic carbocycles. The van der Waals surface area contributed by atoms with E-state index in [1.807, 2.05) is 6.07 Å². The minimum Gasteiger partial charge on any atom is -0.387 e. The fourth-order valence-electron chi connectivity index (χ4n) is 2.82. The molecule has 3 aromatic rings. The number of hydrogen-bond acceptors (Lipinski definition) is 5. The monoisotopic (exact) mass is 339 g/mol. The topological polar surface area (TPSA) is 97.4 Å². The van der Waals surface area contributed by atoms with Crippen molar-refractivity contribution in [3.63, 3.8) is 0 Å². The summed E-state index contributed by atoms with van der Waals surface area (Å²) in [6.45, 7) is 0.0437. The van der Waals surface area contributed by atoms with Gasteiger partial charge >= 0.3 is 11.2 Å². The number of aliphatic hydroxyl groups excluding tert-OH is 1. The third-order valence-electron chi connectivity index (χ3n) is 4.12. The molecule has 2 N–H and O–H groups in total. The van der Waals surface area contributed by atoms with Crippen LogP contribution in [-0.4, -0.2) is 21.1 Å². The van der Waals surface area contributed by atoms with E-state index in [-0.39, 0.29) is 12.2 Å². The molecule has 0 unspecified atom stereocenters. The van der Waals surface area contributed by atoms with E-state index < -0.39 is 22.3 Å². The highest BCUT2D eigenvalue weighted by molar-refractivity contribution is 5.96. The van der Waals surface area contributed by atoms with Gasteiger partial charge in [-0.05, 0) is 11.6 Å². The zero-order valence-corrected chi connectivity index (χ0v) is 13.5. The van der Waals surface area contributed by atoms with Gasteiger partial charge in [-0.2, -0.15) is 0 Å². The van der Waals surface area contributed by atoms with Crippen LogP contribution in [0.25, 0.3) is 10.9 Å². The van der Waals surface area contributed by atoms with Crippen molar-refractivity contribution < 1.29 is 10.0 Å².